The lowest BCUT2D eigenvalue weighted by Gasteiger charge is -2.26. The molecule has 0 rings (SSSR count). The first-order valence-corrected chi connectivity index (χ1v) is 4.95. The average molecular weight is 188 g/mol. The number of rotatable bonds is 7. The zero-order valence-electron chi connectivity index (χ0n) is 9.63. The first-order valence-electron chi connectivity index (χ1n) is 4.95. The summed E-state index contributed by atoms with van der Waals surface area (Å²) in [6, 6.07) is 0.504. The first-order chi connectivity index (χ1) is 6.11. The third-order valence-electron chi connectivity index (χ3n) is 2.31. The van der Waals surface area contributed by atoms with E-state index in [2.05, 4.69) is 31.1 Å². The van der Waals surface area contributed by atoms with Crippen molar-refractivity contribution in [3.05, 3.63) is 0 Å². The van der Waals surface area contributed by atoms with Crippen LogP contribution in [-0.2, 0) is 4.74 Å². The van der Waals surface area contributed by atoms with Gasteiger partial charge in [0.15, 0.2) is 0 Å². The van der Waals surface area contributed by atoms with E-state index >= 15 is 0 Å². The highest BCUT2D eigenvalue weighted by molar-refractivity contribution is 4.66. The topological polar surface area (TPSA) is 24.5 Å². The van der Waals surface area contributed by atoms with Gasteiger partial charge in [-0.1, -0.05) is 6.92 Å². The molecule has 1 N–H and O–H groups in total. The molecule has 0 aliphatic carbocycles. The largest absolute Gasteiger partial charge is 0.383 e. The van der Waals surface area contributed by atoms with Crippen molar-refractivity contribution in [3.63, 3.8) is 0 Å². The zero-order chi connectivity index (χ0) is 10.3. The molecule has 3 nitrogen and oxygen atoms in total. The highest BCUT2D eigenvalue weighted by Gasteiger charge is 2.11. The molecule has 0 aromatic carbocycles. The molecule has 13 heavy (non-hydrogen) atoms. The van der Waals surface area contributed by atoms with Gasteiger partial charge >= 0.3 is 0 Å². The fraction of sp³-hybridized carbons (Fsp3) is 1.00. The molecule has 0 fully saturated rings. The Morgan fingerprint density at radius 3 is 2.46 bits per heavy atom. The normalized spacial score (nSPS) is 16.2. The van der Waals surface area contributed by atoms with E-state index in [1.54, 1.807) is 7.11 Å². The van der Waals surface area contributed by atoms with Crippen LogP contribution in [0.3, 0.4) is 0 Å². The zero-order valence-corrected chi connectivity index (χ0v) is 9.63. The van der Waals surface area contributed by atoms with Crippen molar-refractivity contribution < 1.29 is 4.74 Å². The van der Waals surface area contributed by atoms with E-state index in [1.165, 1.54) is 0 Å². The summed E-state index contributed by atoms with van der Waals surface area (Å²) < 4.78 is 5.11. The van der Waals surface area contributed by atoms with E-state index in [-0.39, 0.29) is 0 Å². The minimum absolute atomic E-state index is 0.504. The fourth-order valence-corrected chi connectivity index (χ4v) is 1.45. The van der Waals surface area contributed by atoms with Crippen LogP contribution in [0.25, 0.3) is 0 Å². The molecule has 3 heteroatoms. The van der Waals surface area contributed by atoms with Crippen LogP contribution < -0.4 is 5.32 Å². The Morgan fingerprint density at radius 1 is 1.38 bits per heavy atom. The number of hydrogen-bond acceptors (Lipinski definition) is 3. The average Bonchev–Trinajstić information content (AvgIpc) is 2.05. The van der Waals surface area contributed by atoms with Crippen LogP contribution in [0.2, 0.25) is 0 Å². The molecule has 2 unspecified atom stereocenters. The SMILES string of the molecule is CNCC(C)CN(C)C(C)COC. The third kappa shape index (κ3) is 6.02. The molecule has 0 aliphatic rings. The lowest BCUT2D eigenvalue weighted by molar-refractivity contribution is 0.107. The predicted octanol–water partition coefficient (Wildman–Crippen LogP) is 0.809. The minimum Gasteiger partial charge on any atom is -0.383 e. The van der Waals surface area contributed by atoms with E-state index in [0.29, 0.717) is 12.0 Å². The molecule has 0 aromatic rings. The van der Waals surface area contributed by atoms with Crippen molar-refractivity contribution in [1.29, 1.82) is 0 Å². The summed E-state index contributed by atoms with van der Waals surface area (Å²) in [6.45, 7) is 7.44. The van der Waals surface area contributed by atoms with E-state index in [4.69, 9.17) is 4.74 Å². The summed E-state index contributed by atoms with van der Waals surface area (Å²) in [7, 11) is 5.90. The third-order valence-corrected chi connectivity index (χ3v) is 2.31. The summed E-state index contributed by atoms with van der Waals surface area (Å²) in [5.41, 5.74) is 0. The summed E-state index contributed by atoms with van der Waals surface area (Å²) >= 11 is 0. The van der Waals surface area contributed by atoms with Gasteiger partial charge in [0.2, 0.25) is 0 Å². The van der Waals surface area contributed by atoms with Gasteiger partial charge in [-0.25, -0.2) is 0 Å². The van der Waals surface area contributed by atoms with E-state index in [9.17, 15) is 0 Å². The van der Waals surface area contributed by atoms with Gasteiger partial charge in [-0.2, -0.15) is 0 Å². The summed E-state index contributed by atoms with van der Waals surface area (Å²) in [5.74, 6) is 0.689. The monoisotopic (exact) mass is 188 g/mol. The molecular weight excluding hydrogens is 164 g/mol. The summed E-state index contributed by atoms with van der Waals surface area (Å²) in [6.07, 6.45) is 0. The van der Waals surface area contributed by atoms with Gasteiger partial charge in [-0.15, -0.1) is 0 Å². The molecule has 0 aromatic heterocycles. The molecule has 0 aliphatic heterocycles. The molecule has 2 atom stereocenters. The van der Waals surface area contributed by atoms with Gasteiger partial charge in [0.25, 0.3) is 0 Å². The van der Waals surface area contributed by atoms with Gasteiger partial charge in [-0.3, -0.25) is 0 Å². The first kappa shape index (κ1) is 12.9. The molecule has 80 valence electrons. The van der Waals surface area contributed by atoms with Crippen LogP contribution in [0.5, 0.6) is 0 Å². The molecular formula is C10H24N2O. The van der Waals surface area contributed by atoms with Gasteiger partial charge in [0.05, 0.1) is 6.61 Å². The molecule has 0 amide bonds. The van der Waals surface area contributed by atoms with Crippen LogP contribution in [-0.4, -0.2) is 51.8 Å². The number of ether oxygens (including phenoxy) is 1. The quantitative estimate of drug-likeness (QED) is 0.640. The number of hydrogen-bond donors (Lipinski definition) is 1. The Morgan fingerprint density at radius 2 is 2.00 bits per heavy atom. The lowest BCUT2D eigenvalue weighted by Crippen LogP contribution is -2.37. The molecule has 0 bridgehead atoms. The van der Waals surface area contributed by atoms with Gasteiger partial charge < -0.3 is 15.0 Å². The van der Waals surface area contributed by atoms with Crippen LogP contribution in [0.1, 0.15) is 13.8 Å². The predicted molar refractivity (Wildman–Crippen MR) is 57.1 cm³/mol. The molecule has 0 saturated heterocycles. The highest BCUT2D eigenvalue weighted by Crippen LogP contribution is 2.01. The van der Waals surface area contributed by atoms with E-state index in [0.717, 1.165) is 19.7 Å². The van der Waals surface area contributed by atoms with E-state index < -0.39 is 0 Å². The Labute approximate surface area is 82.4 Å². The fourth-order valence-electron chi connectivity index (χ4n) is 1.45. The van der Waals surface area contributed by atoms with Gasteiger partial charge in [0.1, 0.15) is 0 Å². The van der Waals surface area contributed by atoms with Crippen LogP contribution in [0.15, 0.2) is 0 Å². The van der Waals surface area contributed by atoms with Crippen molar-refractivity contribution in [2.45, 2.75) is 19.9 Å². The lowest BCUT2D eigenvalue weighted by atomic mass is 10.1. The van der Waals surface area contributed by atoms with Crippen LogP contribution >= 0.6 is 0 Å². The Bertz CT molecular complexity index is 119. The maximum atomic E-state index is 5.11. The summed E-state index contributed by atoms with van der Waals surface area (Å²) in [5, 5.41) is 3.19. The molecule has 0 saturated carbocycles. The van der Waals surface area contributed by atoms with Gasteiger partial charge in [0, 0.05) is 19.7 Å². The Balaban J connectivity index is 3.64. The summed E-state index contributed by atoms with van der Waals surface area (Å²) in [4.78, 5) is 2.34. The van der Waals surface area contributed by atoms with Crippen LogP contribution in [0.4, 0.5) is 0 Å². The van der Waals surface area contributed by atoms with Crippen molar-refractivity contribution in [3.8, 4) is 0 Å². The smallest absolute Gasteiger partial charge is 0.0615 e. The molecule has 0 heterocycles. The van der Waals surface area contributed by atoms with E-state index in [1.807, 2.05) is 7.05 Å². The number of likely N-dealkylation sites (N-methyl/N-ethyl adjacent to an activating group) is 1. The van der Waals surface area contributed by atoms with Gasteiger partial charge in [-0.05, 0) is 33.5 Å². The number of methoxy groups -OCH3 is 1. The second kappa shape index (κ2) is 7.30. The number of nitrogens with zero attached hydrogens (tertiary/aromatic N) is 1. The van der Waals surface area contributed by atoms with Crippen molar-refractivity contribution >= 4 is 0 Å². The molecule has 0 radical (unpaired) electrons. The van der Waals surface area contributed by atoms with Crippen LogP contribution in [0, 0.1) is 5.92 Å². The maximum absolute atomic E-state index is 5.11. The van der Waals surface area contributed by atoms with Crippen molar-refractivity contribution in [2.75, 3.05) is 40.9 Å². The highest BCUT2D eigenvalue weighted by atomic mass is 16.5. The van der Waals surface area contributed by atoms with Crippen molar-refractivity contribution in [1.82, 2.24) is 10.2 Å². The maximum Gasteiger partial charge on any atom is 0.0615 e. The minimum atomic E-state index is 0.504. The second-order valence-electron chi connectivity index (χ2n) is 3.91. The standard InChI is InChI=1S/C10H24N2O/c1-9(6-11-3)7-12(4)10(2)8-13-5/h9-11H,6-8H2,1-5H3. The Hall–Kier alpha value is -0.120. The van der Waals surface area contributed by atoms with Crippen molar-refractivity contribution in [2.24, 2.45) is 5.92 Å². The molecule has 0 spiro atoms. The number of nitrogens with one attached hydrogen (secondary N) is 1. The Kier molecular flexibility index (Phi) is 7.23. The second-order valence-corrected chi connectivity index (χ2v) is 3.91.